The molecule has 1 unspecified atom stereocenters. The van der Waals surface area contributed by atoms with Gasteiger partial charge >= 0.3 is 0 Å². The second-order valence-electron chi connectivity index (χ2n) is 14.8. The Kier molecular flexibility index (Phi) is 12.2. The molecule has 4 aromatic heterocycles. The summed E-state index contributed by atoms with van der Waals surface area (Å²) in [6.07, 6.45) is 6.52. The lowest BCUT2D eigenvalue weighted by Crippen LogP contribution is -2.41. The van der Waals surface area contributed by atoms with Gasteiger partial charge in [-0.15, -0.1) is 5.10 Å². The van der Waals surface area contributed by atoms with Crippen LogP contribution in [0.1, 0.15) is 77.2 Å². The highest BCUT2D eigenvalue weighted by atomic mass is 127. The summed E-state index contributed by atoms with van der Waals surface area (Å²) >= 11 is 2.36. The third-order valence-corrected chi connectivity index (χ3v) is 15.4. The van der Waals surface area contributed by atoms with E-state index in [2.05, 4.69) is 93.1 Å². The quantitative estimate of drug-likeness (QED) is 0.0886. The summed E-state index contributed by atoms with van der Waals surface area (Å²) in [5.74, 6) is 1.34. The van der Waals surface area contributed by atoms with Crippen LogP contribution in [0.25, 0.3) is 28.2 Å². The molecule has 0 radical (unpaired) electrons. The predicted molar refractivity (Wildman–Crippen MR) is 209 cm³/mol. The number of aryl methyl sites for hydroxylation is 2. The van der Waals surface area contributed by atoms with E-state index in [4.69, 9.17) is 33.8 Å². The molecule has 4 aromatic rings. The average molecular weight is 819 g/mol. The molecular weight excluding hydrogens is 763 g/mol. The fourth-order valence-corrected chi connectivity index (χ4v) is 7.88. The van der Waals surface area contributed by atoms with Gasteiger partial charge in [-0.3, -0.25) is 14.6 Å². The highest BCUT2D eigenvalue weighted by molar-refractivity contribution is 14.1. The maximum Gasteiger partial charge on any atom is 0.246 e. The number of hydrogen-bond donors (Lipinski definition) is 0. The smallest absolute Gasteiger partial charge is 0.246 e. The third-order valence-electron chi connectivity index (χ3n) is 9.79. The molecule has 1 fully saturated rings. The van der Waals surface area contributed by atoms with Crippen molar-refractivity contribution in [1.29, 1.82) is 0 Å². The van der Waals surface area contributed by atoms with E-state index in [-0.39, 0.29) is 17.4 Å². The van der Waals surface area contributed by atoms with Crippen LogP contribution >= 0.6 is 22.6 Å². The molecular formula is C36H55IN8O4Si. The van der Waals surface area contributed by atoms with Crippen molar-refractivity contribution in [3.05, 3.63) is 39.5 Å². The Morgan fingerprint density at radius 1 is 1.24 bits per heavy atom. The summed E-state index contributed by atoms with van der Waals surface area (Å²) in [6.45, 7) is 25.4. The van der Waals surface area contributed by atoms with Crippen LogP contribution in [0.15, 0.2) is 18.8 Å². The van der Waals surface area contributed by atoms with Crippen LogP contribution < -0.4 is 9.47 Å². The third kappa shape index (κ3) is 8.29. The van der Waals surface area contributed by atoms with E-state index in [9.17, 15) is 0 Å². The second kappa shape index (κ2) is 15.8. The fourth-order valence-electron chi connectivity index (χ4n) is 6.13. The number of halogens is 1. The summed E-state index contributed by atoms with van der Waals surface area (Å²) in [5, 5.41) is 15.4. The van der Waals surface area contributed by atoms with Gasteiger partial charge in [0.25, 0.3) is 0 Å². The summed E-state index contributed by atoms with van der Waals surface area (Å²) < 4.78 is 31.9. The number of aromatic nitrogens is 7. The van der Waals surface area contributed by atoms with E-state index >= 15 is 0 Å². The van der Waals surface area contributed by atoms with E-state index in [0.29, 0.717) is 44.6 Å². The van der Waals surface area contributed by atoms with Crippen LogP contribution in [0.4, 0.5) is 0 Å². The first-order valence-electron chi connectivity index (χ1n) is 17.7. The molecule has 0 saturated carbocycles. The van der Waals surface area contributed by atoms with Crippen molar-refractivity contribution < 1.29 is 18.6 Å². The molecule has 50 heavy (non-hydrogen) atoms. The first-order chi connectivity index (χ1) is 23.6. The Morgan fingerprint density at radius 3 is 2.66 bits per heavy atom. The van der Waals surface area contributed by atoms with Gasteiger partial charge in [0, 0.05) is 32.1 Å². The molecule has 0 amide bonds. The Bertz CT molecular complexity index is 1790. The van der Waals surface area contributed by atoms with E-state index in [0.717, 1.165) is 68.7 Å². The second-order valence-corrected chi connectivity index (χ2v) is 20.7. The molecule has 0 aromatic carbocycles. The minimum absolute atomic E-state index is 0.0929. The Balaban J connectivity index is 1.32. The molecule has 0 N–H and O–H groups in total. The van der Waals surface area contributed by atoms with Crippen LogP contribution in [-0.2, 0) is 29.3 Å². The molecule has 5 heterocycles. The van der Waals surface area contributed by atoms with E-state index in [1.807, 2.05) is 36.5 Å². The predicted octanol–water partition coefficient (Wildman–Crippen LogP) is 7.60. The van der Waals surface area contributed by atoms with Gasteiger partial charge in [-0.05, 0) is 99.9 Å². The average Bonchev–Trinajstić information content (AvgIpc) is 3.70. The zero-order chi connectivity index (χ0) is 36.4. The van der Waals surface area contributed by atoms with Gasteiger partial charge in [-0.25, -0.2) is 9.36 Å². The zero-order valence-electron chi connectivity index (χ0n) is 31.5. The Hall–Kier alpha value is -2.79. The van der Waals surface area contributed by atoms with Gasteiger partial charge in [0.15, 0.2) is 14.5 Å². The van der Waals surface area contributed by atoms with Gasteiger partial charge in [0.1, 0.15) is 6.10 Å². The van der Waals surface area contributed by atoms with Crippen molar-refractivity contribution in [2.75, 3.05) is 33.4 Å². The first kappa shape index (κ1) is 38.4. The maximum atomic E-state index is 6.62. The molecule has 0 spiro atoms. The summed E-state index contributed by atoms with van der Waals surface area (Å²) in [7, 11) is 2.13. The molecule has 5 rings (SSSR count). The van der Waals surface area contributed by atoms with Crippen molar-refractivity contribution in [3.63, 3.8) is 0 Å². The monoisotopic (exact) mass is 818 g/mol. The molecule has 0 bridgehead atoms. The van der Waals surface area contributed by atoms with Crippen LogP contribution in [0.3, 0.4) is 0 Å². The molecule has 2 atom stereocenters. The van der Waals surface area contributed by atoms with Crippen molar-refractivity contribution >= 4 is 47.9 Å². The van der Waals surface area contributed by atoms with Crippen LogP contribution in [0.2, 0.25) is 18.1 Å². The normalized spacial score (nSPS) is 16.4. The Labute approximate surface area is 311 Å². The van der Waals surface area contributed by atoms with E-state index in [1.165, 1.54) is 0 Å². The number of hydrogen-bond acceptors (Lipinski definition) is 9. The van der Waals surface area contributed by atoms with E-state index < -0.39 is 8.32 Å². The van der Waals surface area contributed by atoms with Gasteiger partial charge in [-0.1, -0.05) is 27.4 Å². The summed E-state index contributed by atoms with van der Waals surface area (Å²) in [5.41, 5.74) is 5.39. The lowest BCUT2D eigenvalue weighted by Gasteiger charge is -2.36. The Morgan fingerprint density at radius 2 is 2.00 bits per heavy atom. The van der Waals surface area contributed by atoms with Crippen molar-refractivity contribution in [3.8, 4) is 23.0 Å². The first-order valence-corrected chi connectivity index (χ1v) is 21.7. The molecule has 14 heteroatoms. The van der Waals surface area contributed by atoms with Crippen LogP contribution in [0.5, 0.6) is 11.8 Å². The number of fused-ring (bicyclic) bond motifs is 1. The SMILES string of the molecule is C=Cc1nn(C2CCCCO2)c2c(C)nc(-c3cnn(C)c3O[C@@H](C)CN(C)Cc3c(I)c(OCC)nn3CCO[Si](C)(C)C(C)(C)C)cc12. The number of nitrogens with zero attached hydrogens (tertiary/aromatic N) is 8. The highest BCUT2D eigenvalue weighted by Gasteiger charge is 2.37. The number of rotatable bonds is 15. The van der Waals surface area contributed by atoms with Crippen LogP contribution in [-0.4, -0.2) is 87.1 Å². The molecule has 0 aliphatic carbocycles. The van der Waals surface area contributed by atoms with Gasteiger partial charge in [0.05, 0.1) is 63.4 Å². The standard InChI is InChI=1S/C36H55IN8O4Si/c1-12-28-26-20-29(39-25(4)33(26)45(40-28)31-16-14-15-18-47-31)27-21-38-43(9)35(27)49-24(3)22-42(8)23-30-32(37)34(46-13-2)41-44(30)17-19-48-50(10,11)36(5,6)7/h12,20-21,24,31H,1,13-19,22-23H2,2-11H3/t24-,31?/m0/s1. The molecule has 12 nitrogen and oxygen atoms in total. The van der Waals surface area contributed by atoms with Crippen molar-refractivity contribution in [2.24, 2.45) is 7.05 Å². The van der Waals surface area contributed by atoms with Crippen LogP contribution in [0, 0.1) is 10.5 Å². The van der Waals surface area contributed by atoms with Gasteiger partial charge in [-0.2, -0.15) is 10.2 Å². The largest absolute Gasteiger partial charge is 0.476 e. The summed E-state index contributed by atoms with van der Waals surface area (Å²) in [4.78, 5) is 7.30. The number of ether oxygens (including phenoxy) is 3. The molecule has 1 saturated heterocycles. The highest BCUT2D eigenvalue weighted by Crippen LogP contribution is 2.37. The van der Waals surface area contributed by atoms with Crippen molar-refractivity contribution in [1.82, 2.24) is 39.2 Å². The molecule has 1 aliphatic rings. The van der Waals surface area contributed by atoms with E-state index in [1.54, 1.807) is 10.8 Å². The molecule has 1 aliphatic heterocycles. The van der Waals surface area contributed by atoms with Gasteiger partial charge < -0.3 is 18.6 Å². The number of likely N-dealkylation sites (N-methyl/N-ethyl adjacent to an activating group) is 1. The maximum absolute atomic E-state index is 6.62. The lowest BCUT2D eigenvalue weighted by atomic mass is 10.1. The van der Waals surface area contributed by atoms with Gasteiger partial charge in [0.2, 0.25) is 11.8 Å². The van der Waals surface area contributed by atoms with Crippen molar-refractivity contribution in [2.45, 2.75) is 104 Å². The number of pyridine rings is 1. The summed E-state index contributed by atoms with van der Waals surface area (Å²) in [6, 6.07) is 2.07. The topological polar surface area (TPSA) is 107 Å². The molecule has 274 valence electrons. The minimum Gasteiger partial charge on any atom is -0.476 e. The zero-order valence-corrected chi connectivity index (χ0v) is 34.7. The lowest BCUT2D eigenvalue weighted by molar-refractivity contribution is -0.0368. The minimum atomic E-state index is -1.87. The fraction of sp³-hybridized carbons (Fsp3) is 0.611.